The molecule has 0 atom stereocenters. The maximum atomic E-state index is 11.9. The molecule has 4 nitrogen and oxygen atoms in total. The van der Waals surface area contributed by atoms with Crippen LogP contribution in [0.15, 0.2) is 27.6 Å². The fraction of sp³-hybridized carbons (Fsp3) is 0.417. The second kappa shape index (κ2) is 5.24. The predicted octanol–water partition coefficient (Wildman–Crippen LogP) is 2.79. The van der Waals surface area contributed by atoms with E-state index in [1.54, 1.807) is 6.20 Å². The summed E-state index contributed by atoms with van der Waals surface area (Å²) in [5, 5.41) is 2.63. The van der Waals surface area contributed by atoms with Crippen LogP contribution in [0.5, 0.6) is 0 Å². The number of aromatic nitrogens is 3. The van der Waals surface area contributed by atoms with Gasteiger partial charge < -0.3 is 4.98 Å². The SMILES string of the molecule is O=c1[nH]c(SCc2ccsn2)ncc1C1CCC1. The van der Waals surface area contributed by atoms with Crippen LogP contribution in [0, 0.1) is 0 Å². The van der Waals surface area contributed by atoms with Crippen LogP contribution in [-0.2, 0) is 5.75 Å². The standard InChI is InChI=1S/C12H13N3OS2/c16-11-10(8-2-1-3-8)6-13-12(14-11)17-7-9-4-5-18-15-9/h4-6,8H,1-3,7H2,(H,13,14,16). The van der Waals surface area contributed by atoms with Crippen LogP contribution in [0.3, 0.4) is 0 Å². The Bertz CT molecular complexity index is 575. The lowest BCUT2D eigenvalue weighted by molar-refractivity contribution is 0.414. The van der Waals surface area contributed by atoms with Crippen molar-refractivity contribution in [1.29, 1.82) is 0 Å². The summed E-state index contributed by atoms with van der Waals surface area (Å²) in [4.78, 5) is 19.1. The molecule has 2 heterocycles. The second-order valence-electron chi connectivity index (χ2n) is 4.38. The fourth-order valence-electron chi connectivity index (χ4n) is 1.93. The molecule has 1 aliphatic rings. The molecule has 0 aromatic carbocycles. The molecular weight excluding hydrogens is 266 g/mol. The maximum Gasteiger partial charge on any atom is 0.254 e. The van der Waals surface area contributed by atoms with Gasteiger partial charge in [0.05, 0.1) is 5.69 Å². The highest BCUT2D eigenvalue weighted by molar-refractivity contribution is 7.98. The maximum absolute atomic E-state index is 11.9. The third kappa shape index (κ3) is 2.49. The van der Waals surface area contributed by atoms with Crippen LogP contribution in [0.25, 0.3) is 0 Å². The number of hydrogen-bond acceptors (Lipinski definition) is 5. The number of nitrogens with zero attached hydrogens (tertiary/aromatic N) is 2. The molecule has 94 valence electrons. The van der Waals surface area contributed by atoms with Crippen LogP contribution in [0.4, 0.5) is 0 Å². The lowest BCUT2D eigenvalue weighted by Gasteiger charge is -2.24. The van der Waals surface area contributed by atoms with E-state index < -0.39 is 0 Å². The van der Waals surface area contributed by atoms with Gasteiger partial charge in [-0.25, -0.2) is 4.98 Å². The van der Waals surface area contributed by atoms with Gasteiger partial charge in [0.15, 0.2) is 5.16 Å². The van der Waals surface area contributed by atoms with Gasteiger partial charge >= 0.3 is 0 Å². The number of aromatic amines is 1. The van der Waals surface area contributed by atoms with Gasteiger partial charge in [-0.15, -0.1) is 0 Å². The lowest BCUT2D eigenvalue weighted by Crippen LogP contribution is -2.21. The molecular formula is C12H13N3OS2. The number of H-pyrrole nitrogens is 1. The van der Waals surface area contributed by atoms with Gasteiger partial charge in [0.25, 0.3) is 5.56 Å². The molecule has 0 bridgehead atoms. The molecule has 1 fully saturated rings. The summed E-state index contributed by atoms with van der Waals surface area (Å²) in [5.41, 5.74) is 1.89. The average molecular weight is 279 g/mol. The zero-order valence-electron chi connectivity index (χ0n) is 9.76. The summed E-state index contributed by atoms with van der Waals surface area (Å²) < 4.78 is 4.22. The van der Waals surface area contributed by atoms with Gasteiger partial charge in [-0.05, 0) is 36.4 Å². The van der Waals surface area contributed by atoms with Gasteiger partial charge in [0.2, 0.25) is 0 Å². The van der Waals surface area contributed by atoms with Crippen molar-refractivity contribution in [2.24, 2.45) is 0 Å². The van der Waals surface area contributed by atoms with Crippen LogP contribution < -0.4 is 5.56 Å². The zero-order valence-corrected chi connectivity index (χ0v) is 11.4. The number of thioether (sulfide) groups is 1. The van der Waals surface area contributed by atoms with Gasteiger partial charge in [0, 0.05) is 22.9 Å². The highest BCUT2D eigenvalue weighted by Crippen LogP contribution is 2.34. The highest BCUT2D eigenvalue weighted by atomic mass is 32.2. The van der Waals surface area contributed by atoms with E-state index in [2.05, 4.69) is 14.3 Å². The quantitative estimate of drug-likeness (QED) is 0.690. The first-order chi connectivity index (χ1) is 8.83. The highest BCUT2D eigenvalue weighted by Gasteiger charge is 2.22. The van der Waals surface area contributed by atoms with E-state index in [0.29, 0.717) is 11.1 Å². The van der Waals surface area contributed by atoms with Crippen LogP contribution in [0.1, 0.15) is 36.4 Å². The summed E-state index contributed by atoms with van der Waals surface area (Å²) in [7, 11) is 0. The first-order valence-electron chi connectivity index (χ1n) is 5.94. The minimum absolute atomic E-state index is 0.0236. The van der Waals surface area contributed by atoms with E-state index in [4.69, 9.17) is 0 Å². The van der Waals surface area contributed by atoms with Crippen molar-refractivity contribution in [2.75, 3.05) is 0 Å². The van der Waals surface area contributed by atoms with Crippen LogP contribution >= 0.6 is 23.3 Å². The van der Waals surface area contributed by atoms with E-state index in [1.165, 1.54) is 29.7 Å². The average Bonchev–Trinajstić information content (AvgIpc) is 2.80. The Hall–Kier alpha value is -1.14. The van der Waals surface area contributed by atoms with Gasteiger partial charge in [-0.1, -0.05) is 18.2 Å². The lowest BCUT2D eigenvalue weighted by atomic mass is 9.81. The Balaban J connectivity index is 1.70. The molecule has 2 aromatic rings. The molecule has 0 radical (unpaired) electrons. The molecule has 18 heavy (non-hydrogen) atoms. The van der Waals surface area contributed by atoms with E-state index in [9.17, 15) is 4.79 Å². The summed E-state index contributed by atoms with van der Waals surface area (Å²) in [6, 6.07) is 1.98. The largest absolute Gasteiger partial charge is 0.301 e. The molecule has 6 heteroatoms. The molecule has 2 aromatic heterocycles. The van der Waals surface area contributed by atoms with Crippen LogP contribution in [-0.4, -0.2) is 14.3 Å². The normalized spacial score (nSPS) is 15.6. The van der Waals surface area contributed by atoms with Crippen molar-refractivity contribution in [1.82, 2.24) is 14.3 Å². The monoisotopic (exact) mass is 279 g/mol. The number of nitrogens with one attached hydrogen (secondary N) is 1. The van der Waals surface area contributed by atoms with Gasteiger partial charge in [0.1, 0.15) is 0 Å². The molecule has 1 aliphatic carbocycles. The van der Waals surface area contributed by atoms with Crippen molar-refractivity contribution in [3.05, 3.63) is 39.3 Å². The third-order valence-electron chi connectivity index (χ3n) is 3.20. The summed E-state index contributed by atoms with van der Waals surface area (Å²) >= 11 is 2.95. The summed E-state index contributed by atoms with van der Waals surface area (Å²) in [5.74, 6) is 1.17. The fourth-order valence-corrected chi connectivity index (χ4v) is 3.28. The first kappa shape index (κ1) is 11.9. The van der Waals surface area contributed by atoms with Gasteiger partial charge in [-0.3, -0.25) is 4.79 Å². The Morgan fingerprint density at radius 3 is 3.00 bits per heavy atom. The number of hydrogen-bond donors (Lipinski definition) is 1. The molecule has 1 N–H and O–H groups in total. The van der Waals surface area contributed by atoms with Crippen molar-refractivity contribution in [2.45, 2.75) is 36.1 Å². The zero-order chi connectivity index (χ0) is 12.4. The Kier molecular flexibility index (Phi) is 3.47. The molecule has 0 aliphatic heterocycles. The Labute approximate surface area is 113 Å². The Morgan fingerprint density at radius 1 is 1.50 bits per heavy atom. The topological polar surface area (TPSA) is 58.6 Å². The van der Waals surface area contributed by atoms with E-state index >= 15 is 0 Å². The molecule has 0 spiro atoms. The second-order valence-corrected chi connectivity index (χ2v) is 6.01. The summed E-state index contributed by atoms with van der Waals surface area (Å²) in [6.45, 7) is 0. The molecule has 1 saturated carbocycles. The van der Waals surface area contributed by atoms with Crippen molar-refractivity contribution < 1.29 is 0 Å². The molecule has 3 rings (SSSR count). The summed E-state index contributed by atoms with van der Waals surface area (Å²) in [6.07, 6.45) is 5.21. The molecule has 0 saturated heterocycles. The van der Waals surface area contributed by atoms with Crippen molar-refractivity contribution >= 4 is 23.3 Å². The third-order valence-corrected chi connectivity index (χ3v) is 4.72. The van der Waals surface area contributed by atoms with E-state index in [-0.39, 0.29) is 5.56 Å². The molecule has 0 amide bonds. The smallest absolute Gasteiger partial charge is 0.254 e. The Morgan fingerprint density at radius 2 is 2.39 bits per heavy atom. The molecule has 0 unspecified atom stereocenters. The minimum Gasteiger partial charge on any atom is -0.301 e. The van der Waals surface area contributed by atoms with E-state index in [1.807, 2.05) is 11.4 Å². The van der Waals surface area contributed by atoms with E-state index in [0.717, 1.165) is 29.9 Å². The van der Waals surface area contributed by atoms with Gasteiger partial charge in [-0.2, -0.15) is 4.37 Å². The van der Waals surface area contributed by atoms with Crippen LogP contribution in [0.2, 0.25) is 0 Å². The number of rotatable bonds is 4. The minimum atomic E-state index is 0.0236. The predicted molar refractivity (Wildman–Crippen MR) is 73.1 cm³/mol. The van der Waals surface area contributed by atoms with Crippen molar-refractivity contribution in [3.8, 4) is 0 Å². The van der Waals surface area contributed by atoms with Crippen molar-refractivity contribution in [3.63, 3.8) is 0 Å². The first-order valence-corrected chi connectivity index (χ1v) is 7.76.